The second-order valence-electron chi connectivity index (χ2n) is 6.10. The SMILES string of the molecule is CS(=O)(=O)c1ccc(-n2nc(C(=O)O)c(=O)n(Cc3ccccc3F)c2=O)cc1. The number of nitrogens with zero attached hydrogens (tertiary/aromatic N) is 3. The Morgan fingerprint density at radius 1 is 1.10 bits per heavy atom. The van der Waals surface area contributed by atoms with Crippen LogP contribution < -0.4 is 11.2 Å². The van der Waals surface area contributed by atoms with E-state index in [1.54, 1.807) is 0 Å². The van der Waals surface area contributed by atoms with Crippen LogP contribution in [0.4, 0.5) is 4.39 Å². The number of carboxylic acids is 1. The monoisotopic (exact) mass is 419 g/mol. The maximum atomic E-state index is 14.0. The zero-order chi connectivity index (χ0) is 21.3. The van der Waals surface area contributed by atoms with Crippen LogP contribution in [0.3, 0.4) is 0 Å². The lowest BCUT2D eigenvalue weighted by Crippen LogP contribution is -2.44. The van der Waals surface area contributed by atoms with Crippen molar-refractivity contribution in [2.75, 3.05) is 6.26 Å². The molecule has 0 bridgehead atoms. The minimum atomic E-state index is -3.49. The summed E-state index contributed by atoms with van der Waals surface area (Å²) in [6, 6.07) is 10.3. The molecule has 0 aliphatic heterocycles. The molecule has 0 radical (unpaired) electrons. The number of halogens is 1. The van der Waals surface area contributed by atoms with Crippen molar-refractivity contribution < 1.29 is 22.7 Å². The summed E-state index contributed by atoms with van der Waals surface area (Å²) in [6.45, 7) is -0.505. The Labute approximate surface area is 163 Å². The molecular formula is C18H14FN3O6S. The summed E-state index contributed by atoms with van der Waals surface area (Å²) in [5, 5.41) is 12.9. The van der Waals surface area contributed by atoms with Crippen LogP contribution in [0.15, 0.2) is 63.0 Å². The lowest BCUT2D eigenvalue weighted by Gasteiger charge is -2.11. The van der Waals surface area contributed by atoms with Gasteiger partial charge in [0.25, 0.3) is 5.56 Å². The van der Waals surface area contributed by atoms with Gasteiger partial charge in [-0.2, -0.15) is 9.78 Å². The molecule has 0 saturated heterocycles. The van der Waals surface area contributed by atoms with Crippen LogP contribution in [0.2, 0.25) is 0 Å². The van der Waals surface area contributed by atoms with Crippen LogP contribution in [-0.2, 0) is 16.4 Å². The molecule has 29 heavy (non-hydrogen) atoms. The van der Waals surface area contributed by atoms with Crippen molar-refractivity contribution >= 4 is 15.8 Å². The molecular weight excluding hydrogens is 405 g/mol. The molecule has 0 aliphatic carbocycles. The first-order valence-corrected chi connectivity index (χ1v) is 10.00. The Balaban J connectivity index is 2.22. The molecule has 1 heterocycles. The Morgan fingerprint density at radius 2 is 1.72 bits per heavy atom. The summed E-state index contributed by atoms with van der Waals surface area (Å²) in [7, 11) is -3.49. The second kappa shape index (κ2) is 7.43. The molecule has 0 unspecified atom stereocenters. The Morgan fingerprint density at radius 3 is 2.28 bits per heavy atom. The molecule has 2 aromatic carbocycles. The van der Waals surface area contributed by atoms with Crippen molar-refractivity contribution in [3.05, 3.63) is 86.4 Å². The van der Waals surface area contributed by atoms with E-state index in [0.29, 0.717) is 9.25 Å². The highest BCUT2D eigenvalue weighted by molar-refractivity contribution is 7.90. The average Bonchev–Trinajstić information content (AvgIpc) is 2.66. The largest absolute Gasteiger partial charge is 0.476 e. The fourth-order valence-electron chi connectivity index (χ4n) is 2.59. The highest BCUT2D eigenvalue weighted by atomic mass is 32.2. The van der Waals surface area contributed by atoms with E-state index < -0.39 is 45.1 Å². The molecule has 0 spiro atoms. The van der Waals surface area contributed by atoms with E-state index in [4.69, 9.17) is 0 Å². The first-order chi connectivity index (χ1) is 13.6. The van der Waals surface area contributed by atoms with E-state index in [-0.39, 0.29) is 16.1 Å². The maximum Gasteiger partial charge on any atom is 0.362 e. The average molecular weight is 419 g/mol. The van der Waals surface area contributed by atoms with Crippen LogP contribution in [0.5, 0.6) is 0 Å². The van der Waals surface area contributed by atoms with Gasteiger partial charge in [0, 0.05) is 11.8 Å². The topological polar surface area (TPSA) is 128 Å². The zero-order valence-electron chi connectivity index (χ0n) is 14.9. The van der Waals surface area contributed by atoms with Gasteiger partial charge in [0.1, 0.15) is 5.82 Å². The molecule has 0 aliphatic rings. The number of rotatable bonds is 5. The van der Waals surface area contributed by atoms with E-state index in [9.17, 15) is 32.3 Å². The number of carbonyl (C=O) groups is 1. The number of aromatic nitrogens is 3. The lowest BCUT2D eigenvalue weighted by atomic mass is 10.2. The van der Waals surface area contributed by atoms with Crippen molar-refractivity contribution in [3.63, 3.8) is 0 Å². The number of benzene rings is 2. The van der Waals surface area contributed by atoms with E-state index >= 15 is 0 Å². The highest BCUT2D eigenvalue weighted by Gasteiger charge is 2.20. The van der Waals surface area contributed by atoms with Crippen molar-refractivity contribution in [3.8, 4) is 5.69 Å². The van der Waals surface area contributed by atoms with Crippen LogP contribution in [0.1, 0.15) is 16.1 Å². The van der Waals surface area contributed by atoms with Gasteiger partial charge >= 0.3 is 11.7 Å². The summed E-state index contributed by atoms with van der Waals surface area (Å²) >= 11 is 0. The first kappa shape index (κ1) is 20.1. The quantitative estimate of drug-likeness (QED) is 0.644. The molecule has 11 heteroatoms. The van der Waals surface area contributed by atoms with Gasteiger partial charge in [0.05, 0.1) is 17.1 Å². The third kappa shape index (κ3) is 3.99. The number of carboxylic acid groups (broad SMARTS) is 1. The van der Waals surface area contributed by atoms with Crippen LogP contribution >= 0.6 is 0 Å². The number of aromatic carboxylic acids is 1. The first-order valence-electron chi connectivity index (χ1n) is 8.11. The number of hydrogen-bond acceptors (Lipinski definition) is 6. The Kier molecular flexibility index (Phi) is 5.16. The smallest absolute Gasteiger partial charge is 0.362 e. The van der Waals surface area contributed by atoms with E-state index in [0.717, 1.165) is 12.3 Å². The summed E-state index contributed by atoms with van der Waals surface area (Å²) in [5.74, 6) is -2.34. The Bertz CT molecular complexity index is 1330. The summed E-state index contributed by atoms with van der Waals surface area (Å²) in [5.41, 5.74) is -3.08. The number of hydrogen-bond donors (Lipinski definition) is 1. The van der Waals surface area contributed by atoms with Crippen molar-refractivity contribution in [2.45, 2.75) is 11.4 Å². The Hall–Kier alpha value is -3.60. The van der Waals surface area contributed by atoms with Crippen molar-refractivity contribution in [1.82, 2.24) is 14.3 Å². The van der Waals surface area contributed by atoms with Gasteiger partial charge in [0.15, 0.2) is 9.84 Å². The van der Waals surface area contributed by atoms with Crippen molar-refractivity contribution in [1.29, 1.82) is 0 Å². The third-order valence-electron chi connectivity index (χ3n) is 4.06. The standard InChI is InChI=1S/C18H14FN3O6S/c1-29(27,28)13-8-6-12(7-9-13)22-18(26)21(16(23)15(20-22)17(24)25)10-11-4-2-3-5-14(11)19/h2-9H,10H2,1H3,(H,24,25). The molecule has 9 nitrogen and oxygen atoms in total. The zero-order valence-corrected chi connectivity index (χ0v) is 15.8. The van der Waals surface area contributed by atoms with Crippen LogP contribution in [-0.4, -0.2) is 40.1 Å². The van der Waals surface area contributed by atoms with E-state index in [1.165, 1.54) is 42.5 Å². The molecule has 0 fully saturated rings. The molecule has 0 saturated carbocycles. The predicted molar refractivity (Wildman–Crippen MR) is 99.7 cm³/mol. The molecule has 3 aromatic rings. The third-order valence-corrected chi connectivity index (χ3v) is 5.19. The molecule has 1 aromatic heterocycles. The fourth-order valence-corrected chi connectivity index (χ4v) is 3.22. The van der Waals surface area contributed by atoms with Gasteiger partial charge in [-0.25, -0.2) is 22.4 Å². The predicted octanol–water partition coefficient (Wildman–Crippen LogP) is 0.683. The van der Waals surface area contributed by atoms with Gasteiger partial charge < -0.3 is 5.11 Å². The lowest BCUT2D eigenvalue weighted by molar-refractivity contribution is 0.0684. The number of sulfone groups is 1. The highest BCUT2D eigenvalue weighted by Crippen LogP contribution is 2.12. The minimum Gasteiger partial charge on any atom is -0.476 e. The van der Waals surface area contributed by atoms with Crippen molar-refractivity contribution in [2.24, 2.45) is 0 Å². The molecule has 1 N–H and O–H groups in total. The summed E-state index contributed by atoms with van der Waals surface area (Å²) in [4.78, 5) is 36.6. The van der Waals surface area contributed by atoms with Gasteiger partial charge in [-0.05, 0) is 30.3 Å². The fraction of sp³-hybridized carbons (Fsp3) is 0.111. The van der Waals surface area contributed by atoms with Gasteiger partial charge in [0.2, 0.25) is 5.69 Å². The van der Waals surface area contributed by atoms with Gasteiger partial charge in [-0.3, -0.25) is 9.36 Å². The second-order valence-corrected chi connectivity index (χ2v) is 8.11. The van der Waals surface area contributed by atoms with Gasteiger partial charge in [-0.1, -0.05) is 18.2 Å². The molecule has 0 atom stereocenters. The summed E-state index contributed by atoms with van der Waals surface area (Å²) < 4.78 is 38.3. The summed E-state index contributed by atoms with van der Waals surface area (Å²) in [6.07, 6.45) is 1.00. The van der Waals surface area contributed by atoms with Gasteiger partial charge in [-0.15, -0.1) is 0 Å². The van der Waals surface area contributed by atoms with Crippen LogP contribution in [0.25, 0.3) is 5.69 Å². The maximum absolute atomic E-state index is 14.0. The van der Waals surface area contributed by atoms with Crippen LogP contribution in [0, 0.1) is 5.82 Å². The normalized spacial score (nSPS) is 11.4. The minimum absolute atomic E-state index is 0.00760. The molecule has 150 valence electrons. The van der Waals surface area contributed by atoms with E-state index in [2.05, 4.69) is 5.10 Å². The molecule has 0 amide bonds. The van der Waals surface area contributed by atoms with E-state index in [1.807, 2.05) is 0 Å². The molecule has 3 rings (SSSR count).